The molecule has 0 bridgehead atoms. The first-order chi connectivity index (χ1) is 11.4. The molecule has 24 heavy (non-hydrogen) atoms. The molecule has 1 saturated heterocycles. The molecule has 0 saturated carbocycles. The summed E-state index contributed by atoms with van der Waals surface area (Å²) in [6.07, 6.45) is 1.92. The van der Waals surface area contributed by atoms with E-state index in [1.807, 2.05) is 0 Å². The predicted octanol–water partition coefficient (Wildman–Crippen LogP) is 2.77. The summed E-state index contributed by atoms with van der Waals surface area (Å²) < 4.78 is 10.7. The number of rotatable bonds is 6. The number of thiocarbonyl (C=S) groups is 1. The van der Waals surface area contributed by atoms with Gasteiger partial charge in [-0.2, -0.15) is 0 Å². The molecule has 2 rings (SSSR count). The van der Waals surface area contributed by atoms with E-state index in [1.54, 1.807) is 38.3 Å². The lowest BCUT2D eigenvalue weighted by Crippen LogP contribution is -2.43. The van der Waals surface area contributed by atoms with Crippen LogP contribution in [0.2, 0.25) is 0 Å². The fourth-order valence-electron chi connectivity index (χ4n) is 2.30. The van der Waals surface area contributed by atoms with Gasteiger partial charge in [-0.1, -0.05) is 30.9 Å². The second-order valence-corrected chi connectivity index (χ2v) is 6.60. The fourth-order valence-corrected chi connectivity index (χ4v) is 3.64. The number of carboxylic acids is 1. The molecule has 8 heteroatoms. The highest BCUT2D eigenvalue weighted by Crippen LogP contribution is 2.36. The van der Waals surface area contributed by atoms with Gasteiger partial charge in [0, 0.05) is 11.6 Å². The highest BCUT2D eigenvalue weighted by Gasteiger charge is 2.39. The van der Waals surface area contributed by atoms with Crippen LogP contribution in [0.3, 0.4) is 0 Å². The summed E-state index contributed by atoms with van der Waals surface area (Å²) >= 11 is 6.27. The van der Waals surface area contributed by atoms with Crippen LogP contribution in [0.1, 0.15) is 18.9 Å². The summed E-state index contributed by atoms with van der Waals surface area (Å²) in [5.41, 5.74) is 0.683. The molecule has 1 aromatic rings. The van der Waals surface area contributed by atoms with Crippen LogP contribution in [0.4, 0.5) is 0 Å². The Hall–Kier alpha value is -2.06. The molecule has 1 heterocycles. The molecular weight excluding hydrogens is 350 g/mol. The molecule has 0 radical (unpaired) electrons. The Kier molecular flexibility index (Phi) is 5.84. The Morgan fingerprint density at radius 1 is 1.42 bits per heavy atom. The number of thioether (sulfide) groups is 1. The Bertz CT molecular complexity index is 716. The van der Waals surface area contributed by atoms with E-state index in [4.69, 9.17) is 21.7 Å². The largest absolute Gasteiger partial charge is 0.497 e. The SMILES string of the molecule is CCC(C(=O)O)N1C(=O)/C(=C/c2ccc(OC)cc2OC)SC1=S. The zero-order valence-electron chi connectivity index (χ0n) is 13.4. The smallest absolute Gasteiger partial charge is 0.326 e. The molecule has 0 aliphatic carbocycles. The number of ether oxygens (including phenoxy) is 2. The van der Waals surface area contributed by atoms with Crippen molar-refractivity contribution in [1.82, 2.24) is 4.90 Å². The van der Waals surface area contributed by atoms with Gasteiger partial charge in [0.05, 0.1) is 19.1 Å². The van der Waals surface area contributed by atoms with Crippen LogP contribution in [-0.2, 0) is 9.59 Å². The van der Waals surface area contributed by atoms with Gasteiger partial charge in [0.15, 0.2) is 0 Å². The average Bonchev–Trinajstić information content (AvgIpc) is 2.83. The van der Waals surface area contributed by atoms with Crippen molar-refractivity contribution in [2.45, 2.75) is 19.4 Å². The molecule has 6 nitrogen and oxygen atoms in total. The number of nitrogens with zero attached hydrogens (tertiary/aromatic N) is 1. The molecule has 1 unspecified atom stereocenters. The van der Waals surface area contributed by atoms with Crippen molar-refractivity contribution in [1.29, 1.82) is 0 Å². The number of carbonyl (C=O) groups is 2. The van der Waals surface area contributed by atoms with Crippen molar-refractivity contribution in [3.8, 4) is 11.5 Å². The van der Waals surface area contributed by atoms with E-state index in [9.17, 15) is 14.7 Å². The maximum Gasteiger partial charge on any atom is 0.326 e. The normalized spacial score (nSPS) is 17.3. The molecule has 0 spiro atoms. The molecule has 1 fully saturated rings. The summed E-state index contributed by atoms with van der Waals surface area (Å²) in [5, 5.41) is 9.27. The number of hydrogen-bond acceptors (Lipinski definition) is 6. The molecule has 1 aromatic carbocycles. The molecule has 1 atom stereocenters. The first kappa shape index (κ1) is 18.3. The van der Waals surface area contributed by atoms with E-state index in [2.05, 4.69) is 0 Å². The van der Waals surface area contributed by atoms with Gasteiger partial charge in [0.1, 0.15) is 21.9 Å². The number of benzene rings is 1. The minimum absolute atomic E-state index is 0.243. The minimum Gasteiger partial charge on any atom is -0.497 e. The van der Waals surface area contributed by atoms with Gasteiger partial charge in [-0.15, -0.1) is 0 Å². The Labute approximate surface area is 149 Å². The average molecular weight is 367 g/mol. The van der Waals surface area contributed by atoms with Gasteiger partial charge in [0.2, 0.25) is 0 Å². The lowest BCUT2D eigenvalue weighted by molar-refractivity contribution is -0.145. The summed E-state index contributed by atoms with van der Waals surface area (Å²) in [4.78, 5) is 25.4. The van der Waals surface area contributed by atoms with Crippen LogP contribution in [0.25, 0.3) is 6.08 Å². The zero-order chi connectivity index (χ0) is 17.9. The third-order valence-corrected chi connectivity index (χ3v) is 4.86. The number of hydrogen-bond donors (Lipinski definition) is 1. The summed E-state index contributed by atoms with van der Waals surface area (Å²) in [6, 6.07) is 4.26. The Balaban J connectivity index is 2.37. The van der Waals surface area contributed by atoms with Crippen molar-refractivity contribution in [2.75, 3.05) is 14.2 Å². The molecule has 1 aliphatic heterocycles. The van der Waals surface area contributed by atoms with Crippen molar-refractivity contribution in [2.24, 2.45) is 0 Å². The monoisotopic (exact) mass is 367 g/mol. The Morgan fingerprint density at radius 3 is 2.67 bits per heavy atom. The van der Waals surface area contributed by atoms with E-state index in [-0.39, 0.29) is 10.7 Å². The lowest BCUT2D eigenvalue weighted by atomic mass is 10.1. The van der Waals surface area contributed by atoms with Gasteiger partial charge < -0.3 is 14.6 Å². The topological polar surface area (TPSA) is 76.1 Å². The van der Waals surface area contributed by atoms with Gasteiger partial charge >= 0.3 is 5.97 Å². The number of amides is 1. The molecular formula is C16H17NO5S2. The Morgan fingerprint density at radius 2 is 2.12 bits per heavy atom. The van der Waals surface area contributed by atoms with E-state index >= 15 is 0 Å². The van der Waals surface area contributed by atoms with Gasteiger partial charge in [-0.25, -0.2) is 4.79 Å². The van der Waals surface area contributed by atoms with Crippen molar-refractivity contribution >= 4 is 46.3 Å². The third kappa shape index (κ3) is 3.54. The number of carboxylic acid groups (broad SMARTS) is 1. The van der Waals surface area contributed by atoms with Crippen LogP contribution >= 0.6 is 24.0 Å². The van der Waals surface area contributed by atoms with Crippen molar-refractivity contribution < 1.29 is 24.2 Å². The van der Waals surface area contributed by atoms with Crippen LogP contribution in [0.15, 0.2) is 23.1 Å². The van der Waals surface area contributed by atoms with Crippen molar-refractivity contribution in [3.63, 3.8) is 0 Å². The predicted molar refractivity (Wildman–Crippen MR) is 96.3 cm³/mol. The second kappa shape index (κ2) is 7.67. The molecule has 1 aliphatic rings. The van der Waals surface area contributed by atoms with Crippen LogP contribution < -0.4 is 9.47 Å². The van der Waals surface area contributed by atoms with Crippen molar-refractivity contribution in [3.05, 3.63) is 28.7 Å². The standard InChI is InChI=1S/C16H17NO5S2/c1-4-11(15(19)20)17-14(18)13(24-16(17)23)7-9-5-6-10(21-2)8-12(9)22-3/h5-8,11H,4H2,1-3H3,(H,19,20)/b13-7-. The molecule has 128 valence electrons. The number of carbonyl (C=O) groups excluding carboxylic acids is 1. The quantitative estimate of drug-likeness (QED) is 0.612. The number of methoxy groups -OCH3 is 2. The number of aliphatic carboxylic acids is 1. The first-order valence-electron chi connectivity index (χ1n) is 7.14. The molecule has 0 aromatic heterocycles. The lowest BCUT2D eigenvalue weighted by Gasteiger charge is -2.21. The van der Waals surface area contributed by atoms with E-state index in [0.29, 0.717) is 22.0 Å². The van der Waals surface area contributed by atoms with E-state index in [1.165, 1.54) is 7.11 Å². The second-order valence-electron chi connectivity index (χ2n) is 4.92. The van der Waals surface area contributed by atoms with E-state index < -0.39 is 17.9 Å². The van der Waals surface area contributed by atoms with E-state index in [0.717, 1.165) is 16.7 Å². The summed E-state index contributed by atoms with van der Waals surface area (Å²) in [5.74, 6) is -0.299. The third-order valence-electron chi connectivity index (χ3n) is 3.53. The maximum atomic E-state index is 12.6. The van der Waals surface area contributed by atoms with Crippen LogP contribution in [-0.4, -0.2) is 46.5 Å². The zero-order valence-corrected chi connectivity index (χ0v) is 15.1. The van der Waals surface area contributed by atoms with Crippen LogP contribution in [0, 0.1) is 0 Å². The fraction of sp³-hybridized carbons (Fsp3) is 0.312. The minimum atomic E-state index is -1.07. The maximum absolute atomic E-state index is 12.6. The van der Waals surface area contributed by atoms with Gasteiger partial charge in [-0.05, 0) is 24.6 Å². The van der Waals surface area contributed by atoms with Gasteiger partial charge in [0.25, 0.3) is 5.91 Å². The van der Waals surface area contributed by atoms with Crippen LogP contribution in [0.5, 0.6) is 11.5 Å². The van der Waals surface area contributed by atoms with Gasteiger partial charge in [-0.3, -0.25) is 9.69 Å². The highest BCUT2D eigenvalue weighted by molar-refractivity contribution is 8.26. The summed E-state index contributed by atoms with van der Waals surface area (Å²) in [7, 11) is 3.07. The highest BCUT2D eigenvalue weighted by atomic mass is 32.2. The molecule has 1 N–H and O–H groups in total. The first-order valence-corrected chi connectivity index (χ1v) is 8.37. The molecule has 1 amide bonds. The summed E-state index contributed by atoms with van der Waals surface area (Å²) in [6.45, 7) is 1.70.